The Morgan fingerprint density at radius 3 is 2.34 bits per heavy atom. The summed E-state index contributed by atoms with van der Waals surface area (Å²) in [5.74, 6) is -0.442. The average molecular weight is 488 g/mol. The minimum atomic E-state index is -0.522. The van der Waals surface area contributed by atoms with E-state index in [1.807, 2.05) is 24.3 Å². The third-order valence-corrected chi connectivity index (χ3v) is 7.49. The molecule has 2 aromatic rings. The smallest absolute Gasteiger partial charge is 0.247 e. The summed E-state index contributed by atoms with van der Waals surface area (Å²) in [5, 5.41) is -0.0466. The summed E-state index contributed by atoms with van der Waals surface area (Å²) in [6, 6.07) is 14.4. The molecule has 0 aliphatic carbocycles. The number of hydrogen-bond donors (Lipinski definition) is 0. The Balaban J connectivity index is 1.33. The predicted octanol–water partition coefficient (Wildman–Crippen LogP) is 4.01. The van der Waals surface area contributed by atoms with Crippen molar-refractivity contribution in [3.05, 3.63) is 59.1 Å². The van der Waals surface area contributed by atoms with Crippen LogP contribution in [0, 0.1) is 0 Å². The van der Waals surface area contributed by atoms with Crippen LogP contribution in [0.2, 0.25) is 5.02 Å². The maximum atomic E-state index is 12.9. The molecule has 0 radical (unpaired) electrons. The molecule has 0 bridgehead atoms. The van der Waals surface area contributed by atoms with Crippen molar-refractivity contribution in [3.63, 3.8) is 0 Å². The standard InChI is InChI=1S/C23H22ClN3O3S2/c1-15(28)16-5-7-18(8-6-16)25-9-11-26(12-10-25)23(31)32-20-14-21(29)27(22(20)30)19-4-2-3-17(24)13-19/h2-8,13,20H,9-12,14H2,1H3/t20-/m0/s1. The molecule has 0 saturated carbocycles. The van der Waals surface area contributed by atoms with Gasteiger partial charge in [-0.25, -0.2) is 4.90 Å². The Morgan fingerprint density at radius 2 is 1.72 bits per heavy atom. The molecule has 9 heteroatoms. The van der Waals surface area contributed by atoms with E-state index in [2.05, 4.69) is 9.80 Å². The number of hydrogen-bond acceptors (Lipinski definition) is 6. The number of piperazine rings is 1. The lowest BCUT2D eigenvalue weighted by Crippen LogP contribution is -2.48. The van der Waals surface area contributed by atoms with Crippen molar-refractivity contribution in [3.8, 4) is 0 Å². The van der Waals surface area contributed by atoms with Gasteiger partial charge in [0.05, 0.1) is 5.69 Å². The number of thiocarbonyl (C=S) groups is 1. The largest absolute Gasteiger partial charge is 0.368 e. The Kier molecular flexibility index (Phi) is 6.83. The summed E-state index contributed by atoms with van der Waals surface area (Å²) in [4.78, 5) is 42.4. The summed E-state index contributed by atoms with van der Waals surface area (Å²) in [6.45, 7) is 4.59. The third kappa shape index (κ3) is 4.82. The molecular weight excluding hydrogens is 466 g/mol. The van der Waals surface area contributed by atoms with Crippen LogP contribution in [0.4, 0.5) is 11.4 Å². The number of imide groups is 1. The zero-order valence-electron chi connectivity index (χ0n) is 17.5. The van der Waals surface area contributed by atoms with Gasteiger partial charge in [-0.05, 0) is 49.4 Å². The van der Waals surface area contributed by atoms with Crippen LogP contribution in [-0.2, 0) is 9.59 Å². The van der Waals surface area contributed by atoms with Gasteiger partial charge in [0.15, 0.2) is 5.78 Å². The number of thioether (sulfide) groups is 1. The lowest BCUT2D eigenvalue weighted by molar-refractivity contribution is -0.121. The fourth-order valence-electron chi connectivity index (χ4n) is 3.83. The van der Waals surface area contributed by atoms with Crippen molar-refractivity contribution < 1.29 is 14.4 Å². The lowest BCUT2D eigenvalue weighted by atomic mass is 10.1. The fraction of sp³-hybridized carbons (Fsp3) is 0.304. The number of halogens is 1. The average Bonchev–Trinajstić information content (AvgIpc) is 3.06. The first-order chi connectivity index (χ1) is 15.3. The molecule has 6 nitrogen and oxygen atoms in total. The number of nitrogens with zero attached hydrogens (tertiary/aromatic N) is 3. The van der Waals surface area contributed by atoms with E-state index in [9.17, 15) is 14.4 Å². The normalized spacial score (nSPS) is 18.9. The van der Waals surface area contributed by atoms with E-state index < -0.39 is 5.25 Å². The fourth-order valence-corrected chi connectivity index (χ4v) is 5.56. The van der Waals surface area contributed by atoms with E-state index in [1.54, 1.807) is 31.2 Å². The molecule has 1 atom stereocenters. The lowest BCUT2D eigenvalue weighted by Gasteiger charge is -2.37. The topological polar surface area (TPSA) is 60.9 Å². The number of carbonyl (C=O) groups excluding carboxylic acids is 3. The molecule has 2 aliphatic heterocycles. The van der Waals surface area contributed by atoms with Gasteiger partial charge in [-0.3, -0.25) is 14.4 Å². The van der Waals surface area contributed by atoms with E-state index in [1.165, 1.54) is 16.7 Å². The second kappa shape index (κ2) is 9.60. The molecule has 2 aromatic carbocycles. The zero-order valence-corrected chi connectivity index (χ0v) is 19.9. The highest BCUT2D eigenvalue weighted by atomic mass is 35.5. The molecule has 4 rings (SSSR count). The van der Waals surface area contributed by atoms with Crippen LogP contribution in [0.5, 0.6) is 0 Å². The van der Waals surface area contributed by atoms with Gasteiger partial charge in [0, 0.05) is 48.9 Å². The Morgan fingerprint density at radius 1 is 1.03 bits per heavy atom. The molecule has 2 aliphatic rings. The maximum Gasteiger partial charge on any atom is 0.247 e. The molecule has 2 fully saturated rings. The number of rotatable bonds is 4. The molecular formula is C23H22ClN3O3S2. The van der Waals surface area contributed by atoms with Gasteiger partial charge >= 0.3 is 0 Å². The number of ketones is 1. The van der Waals surface area contributed by atoms with Crippen molar-refractivity contribution in [1.29, 1.82) is 0 Å². The second-order valence-corrected chi connectivity index (χ2v) is 9.97. The zero-order chi connectivity index (χ0) is 22.8. The van der Waals surface area contributed by atoms with Gasteiger partial charge in [0.2, 0.25) is 11.8 Å². The molecule has 32 heavy (non-hydrogen) atoms. The van der Waals surface area contributed by atoms with Crippen LogP contribution in [0.15, 0.2) is 48.5 Å². The first-order valence-electron chi connectivity index (χ1n) is 10.3. The summed E-state index contributed by atoms with van der Waals surface area (Å²) in [5.41, 5.74) is 2.26. The summed E-state index contributed by atoms with van der Waals surface area (Å²) in [6.07, 6.45) is 0.124. The van der Waals surface area contributed by atoms with Crippen LogP contribution < -0.4 is 9.80 Å². The molecule has 0 aromatic heterocycles. The second-order valence-electron chi connectivity index (χ2n) is 7.70. The van der Waals surface area contributed by atoms with E-state index in [0.717, 1.165) is 31.9 Å². The van der Waals surface area contributed by atoms with Crippen molar-refractivity contribution >= 4 is 68.9 Å². The van der Waals surface area contributed by atoms with Crippen molar-refractivity contribution in [2.24, 2.45) is 0 Å². The number of benzene rings is 2. The van der Waals surface area contributed by atoms with Crippen LogP contribution in [0.25, 0.3) is 0 Å². The molecule has 2 saturated heterocycles. The molecule has 0 spiro atoms. The predicted molar refractivity (Wildman–Crippen MR) is 133 cm³/mol. The van der Waals surface area contributed by atoms with Gasteiger partial charge in [-0.1, -0.05) is 41.6 Å². The van der Waals surface area contributed by atoms with E-state index in [4.69, 9.17) is 23.8 Å². The first kappa shape index (κ1) is 22.8. The van der Waals surface area contributed by atoms with Gasteiger partial charge in [0.25, 0.3) is 0 Å². The van der Waals surface area contributed by atoms with Gasteiger partial charge in [-0.15, -0.1) is 0 Å². The summed E-state index contributed by atoms with van der Waals surface area (Å²) < 4.78 is 0.635. The Labute approximate surface area is 201 Å². The molecule has 0 unspecified atom stereocenters. The number of anilines is 2. The summed E-state index contributed by atoms with van der Waals surface area (Å²) in [7, 11) is 0. The van der Waals surface area contributed by atoms with E-state index in [-0.39, 0.29) is 24.0 Å². The number of amides is 2. The minimum absolute atomic E-state index is 0.0533. The molecule has 166 valence electrons. The number of carbonyl (C=O) groups is 3. The Hall–Kier alpha value is -2.42. The summed E-state index contributed by atoms with van der Waals surface area (Å²) >= 11 is 12.9. The highest BCUT2D eigenvalue weighted by molar-refractivity contribution is 8.23. The third-order valence-electron chi connectivity index (χ3n) is 5.59. The van der Waals surface area contributed by atoms with Gasteiger partial charge in [-0.2, -0.15) is 0 Å². The molecule has 0 N–H and O–H groups in total. The monoisotopic (exact) mass is 487 g/mol. The number of Topliss-reactive ketones (excluding diaryl/α,β-unsaturated/α-hetero) is 1. The van der Waals surface area contributed by atoms with Crippen LogP contribution in [0.3, 0.4) is 0 Å². The maximum absolute atomic E-state index is 12.9. The van der Waals surface area contributed by atoms with Gasteiger partial charge < -0.3 is 9.80 Å². The van der Waals surface area contributed by atoms with Crippen molar-refractivity contribution in [1.82, 2.24) is 4.90 Å². The quantitative estimate of drug-likeness (QED) is 0.367. The SMILES string of the molecule is CC(=O)c1ccc(N2CCN(C(=S)S[C@H]3CC(=O)N(c4cccc(Cl)c4)C3=O)CC2)cc1. The van der Waals surface area contributed by atoms with E-state index in [0.29, 0.717) is 20.6 Å². The Bertz CT molecular complexity index is 1070. The van der Waals surface area contributed by atoms with Crippen LogP contribution in [0.1, 0.15) is 23.7 Å². The highest BCUT2D eigenvalue weighted by Gasteiger charge is 2.41. The van der Waals surface area contributed by atoms with Crippen molar-refractivity contribution in [2.75, 3.05) is 36.0 Å². The van der Waals surface area contributed by atoms with E-state index >= 15 is 0 Å². The van der Waals surface area contributed by atoms with Crippen LogP contribution >= 0.6 is 35.6 Å². The van der Waals surface area contributed by atoms with Gasteiger partial charge in [0.1, 0.15) is 9.57 Å². The van der Waals surface area contributed by atoms with Crippen LogP contribution in [-0.4, -0.2) is 58.2 Å². The minimum Gasteiger partial charge on any atom is -0.368 e. The molecule has 2 amide bonds. The highest BCUT2D eigenvalue weighted by Crippen LogP contribution is 2.32. The first-order valence-corrected chi connectivity index (χ1v) is 11.9. The molecule has 2 heterocycles. The van der Waals surface area contributed by atoms with Crippen molar-refractivity contribution in [2.45, 2.75) is 18.6 Å².